The zero-order valence-corrected chi connectivity index (χ0v) is 10.8. The lowest BCUT2D eigenvalue weighted by molar-refractivity contribution is -0.0931. The Labute approximate surface area is 94.8 Å². The minimum absolute atomic E-state index is 0.160. The molecule has 1 unspecified atom stereocenters. The van der Waals surface area contributed by atoms with Gasteiger partial charge in [-0.1, -0.05) is 27.7 Å². The first-order chi connectivity index (χ1) is 7.12. The van der Waals surface area contributed by atoms with Gasteiger partial charge in [0.2, 0.25) is 0 Å². The average molecular weight is 213 g/mol. The highest BCUT2D eigenvalue weighted by Gasteiger charge is 2.34. The van der Waals surface area contributed by atoms with Gasteiger partial charge in [-0.2, -0.15) is 0 Å². The zero-order valence-electron chi connectivity index (χ0n) is 10.8. The molecule has 1 aliphatic rings. The van der Waals surface area contributed by atoms with Crippen LogP contribution in [0, 0.1) is 5.92 Å². The molecule has 0 spiro atoms. The Kier molecular flexibility index (Phi) is 5.07. The quantitative estimate of drug-likeness (QED) is 0.758. The van der Waals surface area contributed by atoms with Gasteiger partial charge in [-0.25, -0.2) is 0 Å². The molecule has 1 atom stereocenters. The number of rotatable bonds is 5. The number of hydrogen-bond donors (Lipinski definition) is 1. The van der Waals surface area contributed by atoms with Crippen molar-refractivity contribution in [3.05, 3.63) is 0 Å². The molecule has 0 radical (unpaired) electrons. The first-order valence-corrected chi connectivity index (χ1v) is 6.49. The van der Waals surface area contributed by atoms with Crippen molar-refractivity contribution in [2.75, 3.05) is 13.2 Å². The first kappa shape index (κ1) is 13.0. The summed E-state index contributed by atoms with van der Waals surface area (Å²) in [6, 6.07) is 0.668. The summed E-state index contributed by atoms with van der Waals surface area (Å²) < 4.78 is 5.96. The summed E-state index contributed by atoms with van der Waals surface area (Å²) in [6.45, 7) is 11.1. The van der Waals surface area contributed by atoms with Crippen LogP contribution < -0.4 is 5.32 Å². The molecule has 0 saturated carbocycles. The van der Waals surface area contributed by atoms with E-state index < -0.39 is 0 Å². The monoisotopic (exact) mass is 213 g/mol. The van der Waals surface area contributed by atoms with Crippen molar-refractivity contribution in [2.45, 2.75) is 65.0 Å². The van der Waals surface area contributed by atoms with Crippen LogP contribution in [0.25, 0.3) is 0 Å². The van der Waals surface area contributed by atoms with E-state index in [1.54, 1.807) is 0 Å². The molecule has 1 N–H and O–H groups in total. The van der Waals surface area contributed by atoms with Crippen LogP contribution in [-0.2, 0) is 4.74 Å². The van der Waals surface area contributed by atoms with Crippen LogP contribution >= 0.6 is 0 Å². The van der Waals surface area contributed by atoms with Crippen LogP contribution in [0.15, 0.2) is 0 Å². The second kappa shape index (κ2) is 5.86. The van der Waals surface area contributed by atoms with Gasteiger partial charge in [0.15, 0.2) is 0 Å². The van der Waals surface area contributed by atoms with Crippen molar-refractivity contribution >= 4 is 0 Å². The minimum Gasteiger partial charge on any atom is -0.375 e. The molecular weight excluding hydrogens is 186 g/mol. The number of hydrogen-bond acceptors (Lipinski definition) is 2. The van der Waals surface area contributed by atoms with Crippen molar-refractivity contribution in [1.82, 2.24) is 5.32 Å². The van der Waals surface area contributed by atoms with Gasteiger partial charge in [-0.15, -0.1) is 0 Å². The third-order valence-corrected chi connectivity index (χ3v) is 3.60. The summed E-state index contributed by atoms with van der Waals surface area (Å²) >= 11 is 0. The van der Waals surface area contributed by atoms with E-state index in [-0.39, 0.29) is 5.60 Å². The molecule has 2 nitrogen and oxygen atoms in total. The molecule has 0 aromatic rings. The smallest absolute Gasteiger partial charge is 0.0692 e. The number of nitrogens with one attached hydrogen (secondary N) is 1. The summed E-state index contributed by atoms with van der Waals surface area (Å²) in [4.78, 5) is 0. The molecule has 1 fully saturated rings. The molecule has 2 heteroatoms. The largest absolute Gasteiger partial charge is 0.375 e. The van der Waals surface area contributed by atoms with Crippen molar-refractivity contribution in [2.24, 2.45) is 5.92 Å². The molecule has 0 aliphatic carbocycles. The van der Waals surface area contributed by atoms with Crippen molar-refractivity contribution < 1.29 is 4.74 Å². The van der Waals surface area contributed by atoms with Gasteiger partial charge in [0, 0.05) is 12.6 Å². The highest BCUT2D eigenvalue weighted by atomic mass is 16.5. The van der Waals surface area contributed by atoms with Gasteiger partial charge in [0.05, 0.1) is 5.60 Å². The highest BCUT2D eigenvalue weighted by Crippen LogP contribution is 2.31. The molecule has 15 heavy (non-hydrogen) atoms. The molecule has 0 amide bonds. The van der Waals surface area contributed by atoms with E-state index in [1.807, 2.05) is 0 Å². The highest BCUT2D eigenvalue weighted by molar-refractivity contribution is 4.88. The van der Waals surface area contributed by atoms with Gasteiger partial charge in [-0.3, -0.25) is 0 Å². The molecule has 1 heterocycles. The van der Waals surface area contributed by atoms with E-state index in [0.29, 0.717) is 6.04 Å². The van der Waals surface area contributed by atoms with Crippen LogP contribution in [0.2, 0.25) is 0 Å². The van der Waals surface area contributed by atoms with E-state index in [9.17, 15) is 0 Å². The predicted octanol–water partition coefficient (Wildman–Crippen LogP) is 2.97. The maximum absolute atomic E-state index is 5.96. The molecule has 90 valence electrons. The standard InChI is InChI=1S/C13H27NO/c1-5-13(6-2)9-12(7-8-15-13)14-10-11(3)4/h11-12,14H,5-10H2,1-4H3. The minimum atomic E-state index is 0.160. The average Bonchev–Trinajstić information content (AvgIpc) is 2.26. The third kappa shape index (κ3) is 3.76. The lowest BCUT2D eigenvalue weighted by Gasteiger charge is -2.40. The van der Waals surface area contributed by atoms with E-state index in [0.717, 1.165) is 31.9 Å². The van der Waals surface area contributed by atoms with Crippen LogP contribution in [0.5, 0.6) is 0 Å². The Morgan fingerprint density at radius 2 is 2.00 bits per heavy atom. The van der Waals surface area contributed by atoms with Crippen molar-refractivity contribution in [3.63, 3.8) is 0 Å². The molecule has 1 aliphatic heterocycles. The fraction of sp³-hybridized carbons (Fsp3) is 1.00. The molecule has 0 aromatic heterocycles. The van der Waals surface area contributed by atoms with Crippen LogP contribution in [0.4, 0.5) is 0 Å². The summed E-state index contributed by atoms with van der Waals surface area (Å²) in [6.07, 6.45) is 4.65. The van der Waals surface area contributed by atoms with Crippen LogP contribution in [0.1, 0.15) is 53.4 Å². The van der Waals surface area contributed by atoms with Crippen molar-refractivity contribution in [1.29, 1.82) is 0 Å². The van der Waals surface area contributed by atoms with Crippen LogP contribution in [0.3, 0.4) is 0 Å². The zero-order chi connectivity index (χ0) is 11.3. The van der Waals surface area contributed by atoms with E-state index >= 15 is 0 Å². The van der Waals surface area contributed by atoms with E-state index in [1.165, 1.54) is 12.8 Å². The fourth-order valence-corrected chi connectivity index (χ4v) is 2.35. The summed E-state index contributed by atoms with van der Waals surface area (Å²) in [7, 11) is 0. The fourth-order valence-electron chi connectivity index (χ4n) is 2.35. The molecule has 0 bridgehead atoms. The Morgan fingerprint density at radius 1 is 1.33 bits per heavy atom. The second-order valence-corrected chi connectivity index (χ2v) is 5.23. The van der Waals surface area contributed by atoms with E-state index in [2.05, 4.69) is 33.0 Å². The third-order valence-electron chi connectivity index (χ3n) is 3.60. The predicted molar refractivity (Wildman–Crippen MR) is 65.1 cm³/mol. The Balaban J connectivity index is 2.41. The number of ether oxygens (including phenoxy) is 1. The van der Waals surface area contributed by atoms with E-state index in [4.69, 9.17) is 4.74 Å². The summed E-state index contributed by atoms with van der Waals surface area (Å²) in [5.74, 6) is 0.741. The summed E-state index contributed by atoms with van der Waals surface area (Å²) in [5, 5.41) is 3.66. The normalized spacial score (nSPS) is 25.8. The van der Waals surface area contributed by atoms with Crippen LogP contribution in [-0.4, -0.2) is 24.8 Å². The maximum atomic E-state index is 5.96. The molecular formula is C13H27NO. The Morgan fingerprint density at radius 3 is 2.53 bits per heavy atom. The van der Waals surface area contributed by atoms with Crippen molar-refractivity contribution in [3.8, 4) is 0 Å². The van der Waals surface area contributed by atoms with Gasteiger partial charge in [-0.05, 0) is 38.1 Å². The van der Waals surface area contributed by atoms with Gasteiger partial charge < -0.3 is 10.1 Å². The molecule has 0 aromatic carbocycles. The Bertz CT molecular complexity index is 175. The molecule has 1 rings (SSSR count). The lowest BCUT2D eigenvalue weighted by atomic mass is 9.86. The lowest BCUT2D eigenvalue weighted by Crippen LogP contribution is -2.47. The Hall–Kier alpha value is -0.0800. The first-order valence-electron chi connectivity index (χ1n) is 6.49. The van der Waals surface area contributed by atoms with Gasteiger partial charge in [0.1, 0.15) is 0 Å². The SMILES string of the molecule is CCC1(CC)CC(NCC(C)C)CCO1. The summed E-state index contributed by atoms with van der Waals surface area (Å²) in [5.41, 5.74) is 0.160. The maximum Gasteiger partial charge on any atom is 0.0692 e. The topological polar surface area (TPSA) is 21.3 Å². The van der Waals surface area contributed by atoms with Gasteiger partial charge >= 0.3 is 0 Å². The van der Waals surface area contributed by atoms with Gasteiger partial charge in [0.25, 0.3) is 0 Å². The molecule has 1 saturated heterocycles. The second-order valence-electron chi connectivity index (χ2n) is 5.23.